The van der Waals surface area contributed by atoms with Crippen molar-refractivity contribution in [2.75, 3.05) is 11.9 Å². The van der Waals surface area contributed by atoms with Crippen molar-refractivity contribution < 1.29 is 9.90 Å². The van der Waals surface area contributed by atoms with Crippen molar-refractivity contribution in [3.63, 3.8) is 0 Å². The van der Waals surface area contributed by atoms with Gasteiger partial charge in [0, 0.05) is 13.0 Å². The van der Waals surface area contributed by atoms with E-state index in [9.17, 15) is 4.79 Å². The molecule has 0 fully saturated rings. The van der Waals surface area contributed by atoms with Crippen molar-refractivity contribution in [3.05, 3.63) is 12.7 Å². The lowest BCUT2D eigenvalue weighted by Crippen LogP contribution is -2.05. The van der Waals surface area contributed by atoms with Crippen molar-refractivity contribution in [3.8, 4) is 0 Å². The second-order valence-electron chi connectivity index (χ2n) is 3.09. The first-order valence-electron chi connectivity index (χ1n) is 4.86. The second kappa shape index (κ2) is 6.69. The van der Waals surface area contributed by atoms with Crippen molar-refractivity contribution in [2.45, 2.75) is 25.7 Å². The molecule has 0 unspecified atom stereocenters. The van der Waals surface area contributed by atoms with E-state index in [4.69, 9.17) is 5.11 Å². The maximum atomic E-state index is 10.2. The van der Waals surface area contributed by atoms with Gasteiger partial charge in [-0.15, -0.1) is 0 Å². The number of aliphatic carboxylic acids is 1. The van der Waals surface area contributed by atoms with Crippen LogP contribution in [0.25, 0.3) is 0 Å². The van der Waals surface area contributed by atoms with Crippen LogP contribution in [0.5, 0.6) is 0 Å². The van der Waals surface area contributed by atoms with Crippen LogP contribution < -0.4 is 5.32 Å². The molecule has 6 nitrogen and oxygen atoms in total. The van der Waals surface area contributed by atoms with E-state index in [2.05, 4.69) is 20.3 Å². The van der Waals surface area contributed by atoms with Crippen molar-refractivity contribution in [1.82, 2.24) is 15.0 Å². The molecule has 0 aliphatic rings. The minimum absolute atomic E-state index is 0.242. The number of carbonyl (C=O) groups is 1. The number of anilines is 1. The molecule has 0 saturated heterocycles. The molecule has 0 aromatic carbocycles. The minimum Gasteiger partial charge on any atom is -0.481 e. The van der Waals surface area contributed by atoms with E-state index in [0.29, 0.717) is 12.4 Å². The predicted molar refractivity (Wildman–Crippen MR) is 54.4 cm³/mol. The first-order valence-corrected chi connectivity index (χ1v) is 4.86. The molecule has 15 heavy (non-hydrogen) atoms. The Kier molecular flexibility index (Phi) is 5.07. The number of nitrogens with one attached hydrogen (secondary N) is 1. The van der Waals surface area contributed by atoms with Gasteiger partial charge in [-0.2, -0.15) is 0 Å². The SMILES string of the molecule is O=C(O)CCCCCNc1ncncn1. The topological polar surface area (TPSA) is 88.0 Å². The molecule has 0 aliphatic heterocycles. The lowest BCUT2D eigenvalue weighted by atomic mass is 10.2. The van der Waals surface area contributed by atoms with E-state index in [1.165, 1.54) is 12.7 Å². The van der Waals surface area contributed by atoms with Gasteiger partial charge >= 0.3 is 5.97 Å². The highest BCUT2D eigenvalue weighted by molar-refractivity contribution is 5.66. The van der Waals surface area contributed by atoms with E-state index >= 15 is 0 Å². The summed E-state index contributed by atoms with van der Waals surface area (Å²) in [4.78, 5) is 21.7. The Labute approximate surface area is 87.8 Å². The van der Waals surface area contributed by atoms with Gasteiger partial charge in [-0.1, -0.05) is 6.42 Å². The fourth-order valence-electron chi connectivity index (χ4n) is 1.11. The average molecular weight is 210 g/mol. The minimum atomic E-state index is -0.736. The van der Waals surface area contributed by atoms with Gasteiger partial charge in [0.05, 0.1) is 0 Å². The zero-order valence-electron chi connectivity index (χ0n) is 8.39. The molecule has 1 aromatic heterocycles. The van der Waals surface area contributed by atoms with Crippen LogP contribution in [-0.2, 0) is 4.79 Å². The van der Waals surface area contributed by atoms with Gasteiger partial charge in [-0.3, -0.25) is 4.79 Å². The summed E-state index contributed by atoms with van der Waals surface area (Å²) in [6.45, 7) is 0.754. The molecule has 0 amide bonds. The summed E-state index contributed by atoms with van der Waals surface area (Å²) in [5.74, 6) is -0.177. The van der Waals surface area contributed by atoms with Crippen molar-refractivity contribution >= 4 is 11.9 Å². The third-order valence-corrected chi connectivity index (χ3v) is 1.84. The summed E-state index contributed by atoms with van der Waals surface area (Å²) >= 11 is 0. The monoisotopic (exact) mass is 210 g/mol. The second-order valence-corrected chi connectivity index (χ2v) is 3.09. The van der Waals surface area contributed by atoms with Crippen LogP contribution in [0.3, 0.4) is 0 Å². The van der Waals surface area contributed by atoms with Crippen LogP contribution in [0.4, 0.5) is 5.95 Å². The van der Waals surface area contributed by atoms with Gasteiger partial charge < -0.3 is 10.4 Å². The highest BCUT2D eigenvalue weighted by Crippen LogP contribution is 2.00. The quantitative estimate of drug-likeness (QED) is 0.651. The molecule has 0 aliphatic carbocycles. The average Bonchev–Trinajstić information content (AvgIpc) is 2.24. The molecule has 0 bridgehead atoms. The molecular formula is C9H14N4O2. The number of hydrogen-bond donors (Lipinski definition) is 2. The molecular weight excluding hydrogens is 196 g/mol. The van der Waals surface area contributed by atoms with E-state index in [-0.39, 0.29) is 6.42 Å². The molecule has 0 atom stereocenters. The predicted octanol–water partition coefficient (Wildman–Crippen LogP) is 0.929. The maximum Gasteiger partial charge on any atom is 0.303 e. The first-order chi connectivity index (χ1) is 7.29. The summed E-state index contributed by atoms with van der Waals surface area (Å²) in [7, 11) is 0. The third kappa shape index (κ3) is 5.56. The Morgan fingerprint density at radius 1 is 1.27 bits per heavy atom. The number of aromatic nitrogens is 3. The number of nitrogens with zero attached hydrogens (tertiary/aromatic N) is 3. The van der Waals surface area contributed by atoms with Gasteiger partial charge in [0.25, 0.3) is 0 Å². The van der Waals surface area contributed by atoms with E-state index < -0.39 is 5.97 Å². The number of carboxylic acids is 1. The van der Waals surface area contributed by atoms with E-state index in [1.807, 2.05) is 0 Å². The van der Waals surface area contributed by atoms with Gasteiger partial charge in [0.1, 0.15) is 12.7 Å². The number of unbranched alkanes of at least 4 members (excludes halogenated alkanes) is 2. The van der Waals surface area contributed by atoms with Crippen molar-refractivity contribution in [1.29, 1.82) is 0 Å². The fourth-order valence-corrected chi connectivity index (χ4v) is 1.11. The highest BCUT2D eigenvalue weighted by atomic mass is 16.4. The maximum absolute atomic E-state index is 10.2. The standard InChI is InChI=1S/C9H14N4O2/c14-8(15)4-2-1-3-5-11-9-12-6-10-7-13-9/h6-7H,1-5H2,(H,14,15)(H,10,11,12,13). The van der Waals surface area contributed by atoms with Gasteiger partial charge in [0.15, 0.2) is 0 Å². The summed E-state index contributed by atoms with van der Waals surface area (Å²) in [5.41, 5.74) is 0. The Hall–Kier alpha value is -1.72. The normalized spacial score (nSPS) is 9.87. The van der Waals surface area contributed by atoms with Gasteiger partial charge in [0.2, 0.25) is 5.95 Å². The van der Waals surface area contributed by atoms with Crippen LogP contribution in [0.15, 0.2) is 12.7 Å². The largest absolute Gasteiger partial charge is 0.481 e. The Balaban J connectivity index is 2.00. The summed E-state index contributed by atoms with van der Waals surface area (Å²) in [5, 5.41) is 11.4. The molecule has 1 heterocycles. The number of hydrogen-bond acceptors (Lipinski definition) is 5. The lowest BCUT2D eigenvalue weighted by Gasteiger charge is -2.02. The third-order valence-electron chi connectivity index (χ3n) is 1.84. The smallest absolute Gasteiger partial charge is 0.303 e. The Bertz CT molecular complexity index is 291. The van der Waals surface area contributed by atoms with Gasteiger partial charge in [-0.25, -0.2) is 15.0 Å². The van der Waals surface area contributed by atoms with Crippen LogP contribution in [0, 0.1) is 0 Å². The lowest BCUT2D eigenvalue weighted by molar-refractivity contribution is -0.137. The summed E-state index contributed by atoms with van der Waals surface area (Å²) < 4.78 is 0. The number of carboxylic acid groups (broad SMARTS) is 1. The van der Waals surface area contributed by atoms with Crippen LogP contribution >= 0.6 is 0 Å². The van der Waals surface area contributed by atoms with Gasteiger partial charge in [-0.05, 0) is 12.8 Å². The van der Waals surface area contributed by atoms with Crippen molar-refractivity contribution in [2.24, 2.45) is 0 Å². The zero-order valence-corrected chi connectivity index (χ0v) is 8.39. The molecule has 0 radical (unpaired) electrons. The zero-order chi connectivity index (χ0) is 10.9. The molecule has 6 heteroatoms. The van der Waals surface area contributed by atoms with E-state index in [1.54, 1.807) is 0 Å². The highest BCUT2D eigenvalue weighted by Gasteiger charge is 1.96. The first kappa shape index (κ1) is 11.4. The fraction of sp³-hybridized carbons (Fsp3) is 0.556. The summed E-state index contributed by atoms with van der Waals surface area (Å²) in [6.07, 6.45) is 5.63. The molecule has 82 valence electrons. The summed E-state index contributed by atoms with van der Waals surface area (Å²) in [6, 6.07) is 0. The van der Waals surface area contributed by atoms with Crippen LogP contribution in [0.2, 0.25) is 0 Å². The van der Waals surface area contributed by atoms with Crippen LogP contribution in [-0.4, -0.2) is 32.6 Å². The molecule has 0 saturated carbocycles. The molecule has 2 N–H and O–H groups in total. The molecule has 1 rings (SSSR count). The Morgan fingerprint density at radius 3 is 2.67 bits per heavy atom. The number of rotatable bonds is 7. The van der Waals surface area contributed by atoms with E-state index in [0.717, 1.165) is 19.4 Å². The Morgan fingerprint density at radius 2 is 2.00 bits per heavy atom. The molecule has 0 spiro atoms. The van der Waals surface area contributed by atoms with Crippen LogP contribution in [0.1, 0.15) is 25.7 Å². The molecule has 1 aromatic rings.